The summed E-state index contributed by atoms with van der Waals surface area (Å²) in [5.41, 5.74) is 0.188. The summed E-state index contributed by atoms with van der Waals surface area (Å²) in [6.45, 7) is 6.41. The van der Waals surface area contributed by atoms with Crippen LogP contribution in [0.15, 0.2) is 0 Å². The lowest BCUT2D eigenvalue weighted by Gasteiger charge is -2.47. The van der Waals surface area contributed by atoms with Crippen LogP contribution in [0.2, 0.25) is 0 Å². The van der Waals surface area contributed by atoms with Gasteiger partial charge >= 0.3 is 0 Å². The number of hydrogen-bond acceptors (Lipinski definition) is 3. The zero-order chi connectivity index (χ0) is 9.36. The number of ether oxygens (including phenoxy) is 1. The van der Waals surface area contributed by atoms with Crippen molar-refractivity contribution in [2.24, 2.45) is 0 Å². The Morgan fingerprint density at radius 2 is 1.85 bits per heavy atom. The van der Waals surface area contributed by atoms with Crippen LogP contribution in [0.3, 0.4) is 0 Å². The molecule has 2 aliphatic heterocycles. The smallest absolute Gasteiger partial charge is 0.0829 e. The van der Waals surface area contributed by atoms with Crippen LogP contribution >= 0.6 is 11.8 Å². The first kappa shape index (κ1) is 9.81. The van der Waals surface area contributed by atoms with E-state index in [1.165, 1.54) is 24.3 Å². The average Bonchev–Trinajstić information content (AvgIpc) is 2.03. The third kappa shape index (κ3) is 2.20. The molecule has 2 fully saturated rings. The largest absolute Gasteiger partial charge is 0.366 e. The average molecular weight is 201 g/mol. The maximum atomic E-state index is 6.23. The minimum Gasteiger partial charge on any atom is -0.366 e. The van der Waals surface area contributed by atoms with E-state index in [2.05, 4.69) is 30.9 Å². The summed E-state index contributed by atoms with van der Waals surface area (Å²) in [5, 5.41) is 3.50. The van der Waals surface area contributed by atoms with Crippen LogP contribution in [-0.2, 0) is 4.74 Å². The van der Waals surface area contributed by atoms with Crippen LogP contribution in [0, 0.1) is 0 Å². The van der Waals surface area contributed by atoms with Crippen molar-refractivity contribution in [3.8, 4) is 0 Å². The molecule has 2 rings (SSSR count). The first-order chi connectivity index (χ1) is 6.12. The highest BCUT2D eigenvalue weighted by Crippen LogP contribution is 2.35. The standard InChI is InChI=1S/C10H19NOS/c1-9(2)7-11-8-10(12-9)3-5-13-6-4-10/h11H,3-8H2,1-2H3. The molecule has 0 radical (unpaired) electrons. The molecule has 1 spiro atoms. The lowest BCUT2D eigenvalue weighted by molar-refractivity contribution is -0.164. The van der Waals surface area contributed by atoms with Crippen molar-refractivity contribution in [1.29, 1.82) is 0 Å². The Morgan fingerprint density at radius 1 is 1.15 bits per heavy atom. The SMILES string of the molecule is CC1(C)CNCC2(CCSCC2)O1. The number of thioether (sulfide) groups is 1. The summed E-state index contributed by atoms with van der Waals surface area (Å²) in [5.74, 6) is 2.52. The highest BCUT2D eigenvalue weighted by atomic mass is 32.2. The van der Waals surface area contributed by atoms with Gasteiger partial charge in [-0.05, 0) is 38.2 Å². The zero-order valence-electron chi connectivity index (χ0n) is 8.56. The van der Waals surface area contributed by atoms with Crippen LogP contribution in [0.5, 0.6) is 0 Å². The van der Waals surface area contributed by atoms with Gasteiger partial charge in [-0.15, -0.1) is 0 Å². The Kier molecular flexibility index (Phi) is 2.60. The predicted octanol–water partition coefficient (Wildman–Crippen LogP) is 1.65. The topological polar surface area (TPSA) is 21.3 Å². The molecule has 0 bridgehead atoms. The Bertz CT molecular complexity index is 182. The molecule has 2 saturated heterocycles. The first-order valence-corrected chi connectivity index (χ1v) is 6.26. The maximum absolute atomic E-state index is 6.23. The lowest BCUT2D eigenvalue weighted by atomic mass is 9.92. The van der Waals surface area contributed by atoms with Crippen molar-refractivity contribution in [1.82, 2.24) is 5.32 Å². The van der Waals surface area contributed by atoms with Crippen LogP contribution in [0.4, 0.5) is 0 Å². The summed E-state index contributed by atoms with van der Waals surface area (Å²) < 4.78 is 6.23. The molecule has 2 heterocycles. The summed E-state index contributed by atoms with van der Waals surface area (Å²) in [4.78, 5) is 0. The van der Waals surface area contributed by atoms with Crippen molar-refractivity contribution in [3.63, 3.8) is 0 Å². The first-order valence-electron chi connectivity index (χ1n) is 5.11. The van der Waals surface area contributed by atoms with Gasteiger partial charge in [-0.2, -0.15) is 11.8 Å². The van der Waals surface area contributed by atoms with E-state index in [4.69, 9.17) is 4.74 Å². The van der Waals surface area contributed by atoms with Crippen molar-refractivity contribution in [2.75, 3.05) is 24.6 Å². The molecule has 0 aliphatic carbocycles. The minimum absolute atomic E-state index is 0.0280. The molecule has 2 nitrogen and oxygen atoms in total. The fraction of sp³-hybridized carbons (Fsp3) is 1.00. The Hall–Kier alpha value is 0.270. The van der Waals surface area contributed by atoms with Crippen molar-refractivity contribution in [3.05, 3.63) is 0 Å². The van der Waals surface area contributed by atoms with Gasteiger partial charge in [0.2, 0.25) is 0 Å². The summed E-state index contributed by atoms with van der Waals surface area (Å²) >= 11 is 2.05. The zero-order valence-corrected chi connectivity index (χ0v) is 9.38. The van der Waals surface area contributed by atoms with Gasteiger partial charge in [0.15, 0.2) is 0 Å². The van der Waals surface area contributed by atoms with Gasteiger partial charge in [-0.25, -0.2) is 0 Å². The second-order valence-electron chi connectivity index (χ2n) is 4.76. The van der Waals surface area contributed by atoms with E-state index >= 15 is 0 Å². The highest BCUT2D eigenvalue weighted by molar-refractivity contribution is 7.99. The van der Waals surface area contributed by atoms with E-state index in [1.54, 1.807) is 0 Å². The summed E-state index contributed by atoms with van der Waals surface area (Å²) in [6, 6.07) is 0. The predicted molar refractivity (Wildman–Crippen MR) is 57.3 cm³/mol. The molecule has 0 aromatic heterocycles. The fourth-order valence-electron chi connectivity index (χ4n) is 2.27. The van der Waals surface area contributed by atoms with E-state index in [-0.39, 0.29) is 11.2 Å². The monoisotopic (exact) mass is 201 g/mol. The number of rotatable bonds is 0. The van der Waals surface area contributed by atoms with E-state index in [0.717, 1.165) is 13.1 Å². The van der Waals surface area contributed by atoms with Gasteiger partial charge in [0.1, 0.15) is 0 Å². The molecule has 1 N–H and O–H groups in total. The molecule has 3 heteroatoms. The van der Waals surface area contributed by atoms with Crippen LogP contribution in [-0.4, -0.2) is 35.8 Å². The minimum atomic E-state index is 0.0280. The molecular formula is C10H19NOS. The van der Waals surface area contributed by atoms with Crippen molar-refractivity contribution >= 4 is 11.8 Å². The lowest BCUT2D eigenvalue weighted by Crippen LogP contribution is -2.59. The maximum Gasteiger partial charge on any atom is 0.0829 e. The van der Waals surface area contributed by atoms with Crippen LogP contribution < -0.4 is 5.32 Å². The normalized spacial score (nSPS) is 31.8. The van der Waals surface area contributed by atoms with Crippen LogP contribution in [0.25, 0.3) is 0 Å². The molecule has 0 saturated carbocycles. The molecule has 0 aromatic carbocycles. The van der Waals surface area contributed by atoms with Gasteiger partial charge in [0, 0.05) is 13.1 Å². The number of nitrogens with one attached hydrogen (secondary N) is 1. The molecule has 2 aliphatic rings. The van der Waals surface area contributed by atoms with Gasteiger partial charge in [-0.3, -0.25) is 0 Å². The van der Waals surface area contributed by atoms with Gasteiger partial charge < -0.3 is 10.1 Å². The number of hydrogen-bond donors (Lipinski definition) is 1. The summed E-state index contributed by atoms with van der Waals surface area (Å²) in [7, 11) is 0. The second kappa shape index (κ2) is 3.44. The van der Waals surface area contributed by atoms with E-state index in [1.807, 2.05) is 0 Å². The summed E-state index contributed by atoms with van der Waals surface area (Å²) in [6.07, 6.45) is 2.43. The Morgan fingerprint density at radius 3 is 2.46 bits per heavy atom. The molecule has 76 valence electrons. The highest BCUT2D eigenvalue weighted by Gasteiger charge is 2.41. The Balaban J connectivity index is 2.04. The molecule has 0 aromatic rings. The Labute approximate surface area is 84.8 Å². The van der Waals surface area contributed by atoms with E-state index in [9.17, 15) is 0 Å². The fourth-order valence-corrected chi connectivity index (χ4v) is 3.51. The van der Waals surface area contributed by atoms with Crippen LogP contribution in [0.1, 0.15) is 26.7 Å². The quantitative estimate of drug-likeness (QED) is 0.644. The van der Waals surface area contributed by atoms with Gasteiger partial charge in [-0.1, -0.05) is 0 Å². The van der Waals surface area contributed by atoms with E-state index in [0.29, 0.717) is 0 Å². The van der Waals surface area contributed by atoms with Gasteiger partial charge in [0.05, 0.1) is 11.2 Å². The van der Waals surface area contributed by atoms with Gasteiger partial charge in [0.25, 0.3) is 0 Å². The second-order valence-corrected chi connectivity index (χ2v) is 5.99. The number of morpholine rings is 1. The molecular weight excluding hydrogens is 182 g/mol. The third-order valence-corrected chi connectivity index (χ3v) is 3.88. The van der Waals surface area contributed by atoms with Crippen molar-refractivity contribution in [2.45, 2.75) is 37.9 Å². The molecule has 0 unspecified atom stereocenters. The molecule has 13 heavy (non-hydrogen) atoms. The molecule has 0 atom stereocenters. The third-order valence-electron chi connectivity index (χ3n) is 2.89. The molecule has 0 amide bonds. The van der Waals surface area contributed by atoms with Crippen molar-refractivity contribution < 1.29 is 4.74 Å². The van der Waals surface area contributed by atoms with E-state index < -0.39 is 0 Å².